The number of thioether (sulfide) groups is 1. The second kappa shape index (κ2) is 8.60. The van der Waals surface area contributed by atoms with Gasteiger partial charge in [-0.3, -0.25) is 4.79 Å². The van der Waals surface area contributed by atoms with Gasteiger partial charge in [0.1, 0.15) is 6.33 Å². The summed E-state index contributed by atoms with van der Waals surface area (Å²) < 4.78 is 6.05. The molecule has 0 unspecified atom stereocenters. The molecular weight excluding hydrogens is 344 g/mol. The molecule has 0 bridgehead atoms. The van der Waals surface area contributed by atoms with Crippen LogP contribution in [0.25, 0.3) is 5.95 Å². The number of rotatable bonds is 8. The highest BCUT2D eigenvalue weighted by atomic mass is 32.2. The van der Waals surface area contributed by atoms with E-state index in [1.54, 1.807) is 4.90 Å². The van der Waals surface area contributed by atoms with Crippen molar-refractivity contribution in [3.63, 3.8) is 0 Å². The van der Waals surface area contributed by atoms with E-state index >= 15 is 0 Å². The lowest BCUT2D eigenvalue weighted by atomic mass is 10.3. The molecule has 136 valence electrons. The van der Waals surface area contributed by atoms with Crippen LogP contribution in [0.4, 0.5) is 11.9 Å². The van der Waals surface area contributed by atoms with Crippen LogP contribution in [0.5, 0.6) is 0 Å². The Hall–Kier alpha value is -2.43. The Kier molecular flexibility index (Phi) is 6.51. The molecule has 2 aromatic rings. The molecule has 0 saturated heterocycles. The molecule has 0 aromatic carbocycles. The Morgan fingerprint density at radius 1 is 1.40 bits per heavy atom. The first-order chi connectivity index (χ1) is 11.9. The zero-order chi connectivity index (χ0) is 18.4. The lowest BCUT2D eigenvalue weighted by Gasteiger charge is -2.15. The van der Waals surface area contributed by atoms with Gasteiger partial charge >= 0.3 is 5.97 Å². The van der Waals surface area contributed by atoms with Gasteiger partial charge in [0.05, 0.1) is 12.9 Å². The topological polar surface area (TPSA) is 111 Å². The molecule has 11 heteroatoms. The molecule has 0 aliphatic carbocycles. The van der Waals surface area contributed by atoms with Crippen molar-refractivity contribution in [3.8, 4) is 5.95 Å². The monoisotopic (exact) mass is 366 g/mol. The average molecular weight is 366 g/mol. The summed E-state index contributed by atoms with van der Waals surface area (Å²) in [5.74, 6) is 1.14. The summed E-state index contributed by atoms with van der Waals surface area (Å²) in [4.78, 5) is 30.3. The van der Waals surface area contributed by atoms with Crippen molar-refractivity contribution in [1.82, 2.24) is 29.7 Å². The molecule has 1 N–H and O–H groups in total. The minimum Gasteiger partial charge on any atom is -0.468 e. The van der Waals surface area contributed by atoms with Gasteiger partial charge in [-0.25, -0.2) is 4.98 Å². The fourth-order valence-corrected chi connectivity index (χ4v) is 2.27. The normalized spacial score (nSPS) is 11.9. The number of anilines is 2. The smallest absolute Gasteiger partial charge is 0.316 e. The van der Waals surface area contributed by atoms with E-state index in [9.17, 15) is 4.79 Å². The van der Waals surface area contributed by atoms with Crippen LogP contribution < -0.4 is 10.2 Å². The number of ether oxygens (including phenoxy) is 1. The first-order valence-electron chi connectivity index (χ1n) is 7.74. The summed E-state index contributed by atoms with van der Waals surface area (Å²) in [5, 5.41) is 7.96. The highest BCUT2D eigenvalue weighted by molar-refractivity contribution is 7.99. The van der Waals surface area contributed by atoms with E-state index < -0.39 is 0 Å². The zero-order valence-electron chi connectivity index (χ0n) is 14.9. The fraction of sp³-hybridized carbons (Fsp3) is 0.571. The molecule has 2 heterocycles. The highest BCUT2D eigenvalue weighted by Crippen LogP contribution is 2.15. The largest absolute Gasteiger partial charge is 0.468 e. The van der Waals surface area contributed by atoms with Crippen LogP contribution in [0.15, 0.2) is 11.5 Å². The van der Waals surface area contributed by atoms with Crippen LogP contribution in [0.3, 0.4) is 0 Å². The number of methoxy groups -OCH3 is 1. The lowest BCUT2D eigenvalue weighted by Crippen LogP contribution is -2.21. The zero-order valence-corrected chi connectivity index (χ0v) is 15.7. The second-order valence-corrected chi connectivity index (χ2v) is 6.39. The quantitative estimate of drug-likeness (QED) is 0.536. The molecule has 25 heavy (non-hydrogen) atoms. The summed E-state index contributed by atoms with van der Waals surface area (Å²) in [7, 11) is 5.05. The Morgan fingerprint density at radius 3 is 2.80 bits per heavy atom. The molecular formula is C14H22N8O2S. The highest BCUT2D eigenvalue weighted by Gasteiger charge is 2.13. The van der Waals surface area contributed by atoms with E-state index in [1.165, 1.54) is 29.9 Å². The van der Waals surface area contributed by atoms with Crippen molar-refractivity contribution in [2.75, 3.05) is 37.2 Å². The summed E-state index contributed by atoms with van der Waals surface area (Å²) >= 11 is 1.18. The van der Waals surface area contributed by atoms with Crippen molar-refractivity contribution < 1.29 is 9.53 Å². The van der Waals surface area contributed by atoms with Gasteiger partial charge in [-0.1, -0.05) is 18.7 Å². The van der Waals surface area contributed by atoms with Crippen LogP contribution in [0.1, 0.15) is 20.3 Å². The van der Waals surface area contributed by atoms with Crippen LogP contribution in [-0.4, -0.2) is 68.7 Å². The molecule has 0 radical (unpaired) electrons. The molecule has 2 aromatic heterocycles. The van der Waals surface area contributed by atoms with Gasteiger partial charge in [-0.15, -0.1) is 5.10 Å². The molecule has 1 atom stereocenters. The first kappa shape index (κ1) is 18.9. The van der Waals surface area contributed by atoms with Gasteiger partial charge in [0.25, 0.3) is 5.95 Å². The second-order valence-electron chi connectivity index (χ2n) is 5.44. The van der Waals surface area contributed by atoms with Crippen LogP contribution in [-0.2, 0) is 9.53 Å². The van der Waals surface area contributed by atoms with Gasteiger partial charge in [0.15, 0.2) is 0 Å². The molecule has 10 nitrogen and oxygen atoms in total. The minimum atomic E-state index is -0.337. The predicted octanol–water partition coefficient (Wildman–Crippen LogP) is 0.994. The van der Waals surface area contributed by atoms with Gasteiger partial charge in [0, 0.05) is 20.1 Å². The Bertz CT molecular complexity index is 721. The van der Waals surface area contributed by atoms with Gasteiger partial charge in [-0.05, 0) is 13.3 Å². The van der Waals surface area contributed by atoms with Crippen molar-refractivity contribution >= 4 is 29.6 Å². The van der Waals surface area contributed by atoms with E-state index in [2.05, 4.69) is 48.9 Å². The SMILES string of the molecule is CC[C@@H](C)Nc1nc(N(C)C)nc(-n2cnc(SCC(=O)OC)n2)n1. The molecule has 0 aliphatic heterocycles. The minimum absolute atomic E-state index is 0.140. The summed E-state index contributed by atoms with van der Waals surface area (Å²) in [5.41, 5.74) is 0. The first-order valence-corrected chi connectivity index (χ1v) is 8.73. The average Bonchev–Trinajstić information content (AvgIpc) is 3.08. The lowest BCUT2D eigenvalue weighted by molar-refractivity contribution is -0.137. The number of carbonyl (C=O) groups excluding carboxylic acids is 1. The van der Waals surface area contributed by atoms with Gasteiger partial charge < -0.3 is 15.0 Å². The molecule has 0 saturated carbocycles. The number of carbonyl (C=O) groups is 1. The summed E-state index contributed by atoms with van der Waals surface area (Å²) in [6.45, 7) is 4.13. The van der Waals surface area contributed by atoms with E-state index in [1.807, 2.05) is 14.1 Å². The molecule has 2 rings (SSSR count). The summed E-state index contributed by atoms with van der Waals surface area (Å²) in [6, 6.07) is 0.229. The number of esters is 1. The van der Waals surface area contributed by atoms with Crippen molar-refractivity contribution in [1.29, 1.82) is 0 Å². The predicted molar refractivity (Wildman–Crippen MR) is 95.2 cm³/mol. The van der Waals surface area contributed by atoms with Gasteiger partial charge in [-0.2, -0.15) is 19.6 Å². The number of hydrogen-bond donors (Lipinski definition) is 1. The van der Waals surface area contributed by atoms with Gasteiger partial charge in [0.2, 0.25) is 17.1 Å². The van der Waals surface area contributed by atoms with Crippen LogP contribution in [0.2, 0.25) is 0 Å². The number of nitrogens with zero attached hydrogens (tertiary/aromatic N) is 7. The molecule has 0 fully saturated rings. The summed E-state index contributed by atoms with van der Waals surface area (Å²) in [6.07, 6.45) is 2.44. The number of aromatic nitrogens is 6. The molecule has 0 spiro atoms. The Balaban J connectivity index is 2.25. The third kappa shape index (κ3) is 5.28. The van der Waals surface area contributed by atoms with E-state index in [0.29, 0.717) is 23.0 Å². The van der Waals surface area contributed by atoms with E-state index in [4.69, 9.17) is 0 Å². The van der Waals surface area contributed by atoms with Crippen LogP contribution in [0, 0.1) is 0 Å². The maximum absolute atomic E-state index is 11.2. The standard InChI is InChI=1S/C14H22N8O2S/c1-6-9(2)16-11-17-12(21(3)4)19-13(18-11)22-8-15-14(20-22)25-7-10(23)24-5/h8-9H,6-7H2,1-5H3,(H,16,17,18,19)/t9-/m1/s1. The fourth-order valence-electron chi connectivity index (χ4n) is 1.64. The van der Waals surface area contributed by atoms with E-state index in [-0.39, 0.29) is 17.8 Å². The number of nitrogens with one attached hydrogen (secondary N) is 1. The Morgan fingerprint density at radius 2 is 2.16 bits per heavy atom. The third-order valence-electron chi connectivity index (χ3n) is 3.22. The Labute approximate surface area is 150 Å². The van der Waals surface area contributed by atoms with E-state index in [0.717, 1.165) is 6.42 Å². The van der Waals surface area contributed by atoms with Crippen molar-refractivity contribution in [2.45, 2.75) is 31.5 Å². The molecule has 0 amide bonds. The van der Waals surface area contributed by atoms with Crippen LogP contribution >= 0.6 is 11.8 Å². The maximum atomic E-state index is 11.2. The number of hydrogen-bond acceptors (Lipinski definition) is 10. The maximum Gasteiger partial charge on any atom is 0.316 e. The third-order valence-corrected chi connectivity index (χ3v) is 4.05. The molecule has 0 aliphatic rings. The van der Waals surface area contributed by atoms with Crippen molar-refractivity contribution in [3.05, 3.63) is 6.33 Å². The van der Waals surface area contributed by atoms with Crippen molar-refractivity contribution in [2.24, 2.45) is 0 Å².